The second kappa shape index (κ2) is 7.97. The maximum absolute atomic E-state index is 12.8. The van der Waals surface area contributed by atoms with E-state index >= 15 is 0 Å². The molecule has 1 aliphatic rings. The molecule has 1 amide bonds. The Balaban J connectivity index is 1.39. The Labute approximate surface area is 164 Å². The maximum Gasteiger partial charge on any atom is 0.289 e. The van der Waals surface area contributed by atoms with Crippen LogP contribution in [0.3, 0.4) is 0 Å². The molecule has 0 bridgehead atoms. The monoisotopic (exact) mass is 379 g/mol. The minimum atomic E-state index is -0.0537. The van der Waals surface area contributed by atoms with Crippen LogP contribution in [0.15, 0.2) is 52.9 Å². The first kappa shape index (κ1) is 18.4. The van der Waals surface area contributed by atoms with Crippen LogP contribution in [-0.4, -0.2) is 36.6 Å². The molecule has 146 valence electrons. The number of para-hydroxylation sites is 2. The third-order valence-electron chi connectivity index (χ3n) is 5.05. The predicted octanol–water partition coefficient (Wildman–Crippen LogP) is 4.82. The Hall–Kier alpha value is -2.95. The van der Waals surface area contributed by atoms with Gasteiger partial charge < -0.3 is 18.8 Å². The second-order valence-corrected chi connectivity index (χ2v) is 7.14. The average Bonchev–Trinajstić information content (AvgIpc) is 3.13. The highest BCUT2D eigenvalue weighted by molar-refractivity contribution is 5.96. The number of likely N-dealkylation sites (tertiary alicyclic amines) is 1. The van der Waals surface area contributed by atoms with Crippen LogP contribution < -0.4 is 9.47 Å². The van der Waals surface area contributed by atoms with Gasteiger partial charge in [-0.15, -0.1) is 0 Å². The van der Waals surface area contributed by atoms with E-state index in [4.69, 9.17) is 13.9 Å². The summed E-state index contributed by atoms with van der Waals surface area (Å²) in [6.07, 6.45) is 1.64. The maximum atomic E-state index is 12.8. The van der Waals surface area contributed by atoms with Gasteiger partial charge in [0.25, 0.3) is 5.91 Å². The number of carbonyl (C=O) groups is 1. The van der Waals surface area contributed by atoms with E-state index in [1.807, 2.05) is 67.3 Å². The van der Waals surface area contributed by atoms with Crippen LogP contribution in [0.25, 0.3) is 11.0 Å². The molecule has 0 radical (unpaired) electrons. The van der Waals surface area contributed by atoms with Crippen LogP contribution in [0.2, 0.25) is 0 Å². The number of piperidine rings is 1. The predicted molar refractivity (Wildman–Crippen MR) is 108 cm³/mol. The van der Waals surface area contributed by atoms with E-state index in [1.165, 1.54) is 0 Å². The number of ether oxygens (including phenoxy) is 2. The normalized spacial score (nSPS) is 15.0. The SMILES string of the molecule is CCOc1ccccc1OC1CCN(C(=O)c2cc3cc(C)ccc3o2)CC1. The molecule has 1 aliphatic heterocycles. The van der Waals surface area contributed by atoms with Gasteiger partial charge in [-0.05, 0) is 44.2 Å². The molecule has 5 heteroatoms. The number of carbonyl (C=O) groups excluding carboxylic acids is 1. The highest BCUT2D eigenvalue weighted by Crippen LogP contribution is 2.30. The zero-order valence-corrected chi connectivity index (χ0v) is 16.3. The fraction of sp³-hybridized carbons (Fsp3) is 0.348. The second-order valence-electron chi connectivity index (χ2n) is 7.14. The third kappa shape index (κ3) is 3.84. The Kier molecular flexibility index (Phi) is 5.24. The van der Waals surface area contributed by atoms with E-state index in [9.17, 15) is 4.79 Å². The van der Waals surface area contributed by atoms with Gasteiger partial charge in [0.1, 0.15) is 11.7 Å². The van der Waals surface area contributed by atoms with Gasteiger partial charge in [0.05, 0.1) is 6.61 Å². The number of amides is 1. The van der Waals surface area contributed by atoms with E-state index in [0.29, 0.717) is 25.5 Å². The number of benzene rings is 2. The van der Waals surface area contributed by atoms with E-state index in [1.54, 1.807) is 0 Å². The minimum absolute atomic E-state index is 0.0537. The lowest BCUT2D eigenvalue weighted by atomic mass is 10.1. The Bertz CT molecular complexity index is 970. The lowest BCUT2D eigenvalue weighted by molar-refractivity contribution is 0.0563. The standard InChI is InChI=1S/C23H25NO4/c1-3-26-20-6-4-5-7-21(20)27-18-10-12-24(13-11-18)23(25)22-15-17-14-16(2)8-9-19(17)28-22/h4-9,14-15,18H,3,10-13H2,1-2H3. The number of hydrogen-bond acceptors (Lipinski definition) is 4. The van der Waals surface area contributed by atoms with Gasteiger partial charge in [-0.2, -0.15) is 0 Å². The number of fused-ring (bicyclic) bond motifs is 1. The molecule has 0 aliphatic carbocycles. The Morgan fingerprint density at radius 3 is 2.61 bits per heavy atom. The van der Waals surface area contributed by atoms with Gasteiger partial charge in [0.15, 0.2) is 17.3 Å². The summed E-state index contributed by atoms with van der Waals surface area (Å²) in [5.74, 6) is 1.88. The van der Waals surface area contributed by atoms with Crippen molar-refractivity contribution in [1.29, 1.82) is 0 Å². The quantitative estimate of drug-likeness (QED) is 0.637. The summed E-state index contributed by atoms with van der Waals surface area (Å²) in [5.41, 5.74) is 1.90. The first-order valence-corrected chi connectivity index (χ1v) is 9.82. The molecule has 0 atom stereocenters. The highest BCUT2D eigenvalue weighted by atomic mass is 16.5. The average molecular weight is 379 g/mol. The smallest absolute Gasteiger partial charge is 0.289 e. The third-order valence-corrected chi connectivity index (χ3v) is 5.05. The fourth-order valence-electron chi connectivity index (χ4n) is 3.60. The number of nitrogens with zero attached hydrogens (tertiary/aromatic N) is 1. The topological polar surface area (TPSA) is 51.9 Å². The van der Waals surface area contributed by atoms with Gasteiger partial charge in [-0.25, -0.2) is 0 Å². The van der Waals surface area contributed by atoms with Gasteiger partial charge >= 0.3 is 0 Å². The summed E-state index contributed by atoms with van der Waals surface area (Å²) in [4.78, 5) is 14.7. The molecule has 0 N–H and O–H groups in total. The molecule has 1 saturated heterocycles. The van der Waals surface area contributed by atoms with Gasteiger partial charge in [-0.3, -0.25) is 4.79 Å². The van der Waals surface area contributed by atoms with Crippen molar-refractivity contribution in [1.82, 2.24) is 4.90 Å². The van der Waals surface area contributed by atoms with Crippen molar-refractivity contribution in [2.75, 3.05) is 19.7 Å². The largest absolute Gasteiger partial charge is 0.490 e. The molecule has 2 heterocycles. The van der Waals surface area contributed by atoms with Crippen molar-refractivity contribution in [3.05, 3.63) is 59.9 Å². The molecule has 1 aromatic heterocycles. The van der Waals surface area contributed by atoms with Crippen LogP contribution in [0.1, 0.15) is 35.9 Å². The van der Waals surface area contributed by atoms with Crippen molar-refractivity contribution in [3.8, 4) is 11.5 Å². The highest BCUT2D eigenvalue weighted by Gasteiger charge is 2.27. The van der Waals surface area contributed by atoms with Crippen LogP contribution in [-0.2, 0) is 0 Å². The number of rotatable bonds is 5. The van der Waals surface area contributed by atoms with Crippen molar-refractivity contribution in [3.63, 3.8) is 0 Å². The zero-order valence-electron chi connectivity index (χ0n) is 16.3. The van der Waals surface area contributed by atoms with Crippen LogP contribution in [0.4, 0.5) is 0 Å². The van der Waals surface area contributed by atoms with Gasteiger partial charge in [0.2, 0.25) is 0 Å². The van der Waals surface area contributed by atoms with E-state index in [-0.39, 0.29) is 12.0 Å². The summed E-state index contributed by atoms with van der Waals surface area (Å²) in [6, 6.07) is 15.5. The molecule has 0 unspecified atom stereocenters. The molecule has 4 rings (SSSR count). The van der Waals surface area contributed by atoms with Crippen LogP contribution in [0, 0.1) is 6.92 Å². The molecule has 1 fully saturated rings. The molecule has 2 aromatic carbocycles. The summed E-state index contributed by atoms with van der Waals surface area (Å²) < 4.78 is 17.5. The summed E-state index contributed by atoms with van der Waals surface area (Å²) >= 11 is 0. The first-order chi connectivity index (χ1) is 13.6. The number of aryl methyl sites for hydroxylation is 1. The molecule has 0 saturated carbocycles. The van der Waals surface area contributed by atoms with E-state index in [2.05, 4.69) is 0 Å². The zero-order chi connectivity index (χ0) is 19.5. The van der Waals surface area contributed by atoms with Crippen molar-refractivity contribution in [2.24, 2.45) is 0 Å². The minimum Gasteiger partial charge on any atom is -0.490 e. The molecule has 3 aromatic rings. The van der Waals surface area contributed by atoms with Crippen molar-refractivity contribution >= 4 is 16.9 Å². The van der Waals surface area contributed by atoms with E-state index in [0.717, 1.165) is 40.9 Å². The van der Waals surface area contributed by atoms with Crippen LogP contribution in [0.5, 0.6) is 11.5 Å². The van der Waals surface area contributed by atoms with Crippen molar-refractivity contribution < 1.29 is 18.7 Å². The lowest BCUT2D eigenvalue weighted by Crippen LogP contribution is -2.41. The summed E-state index contributed by atoms with van der Waals surface area (Å²) in [7, 11) is 0. The number of hydrogen-bond donors (Lipinski definition) is 0. The van der Waals surface area contributed by atoms with E-state index < -0.39 is 0 Å². The van der Waals surface area contributed by atoms with Crippen LogP contribution >= 0.6 is 0 Å². The Morgan fingerprint density at radius 1 is 1.11 bits per heavy atom. The van der Waals surface area contributed by atoms with Crippen molar-refractivity contribution in [2.45, 2.75) is 32.8 Å². The summed E-state index contributed by atoms with van der Waals surface area (Å²) in [6.45, 7) is 5.89. The lowest BCUT2D eigenvalue weighted by Gasteiger charge is -2.32. The molecule has 0 spiro atoms. The summed E-state index contributed by atoms with van der Waals surface area (Å²) in [5, 5.41) is 0.967. The fourth-order valence-corrected chi connectivity index (χ4v) is 3.60. The molecular weight excluding hydrogens is 354 g/mol. The first-order valence-electron chi connectivity index (χ1n) is 9.82. The number of furan rings is 1. The molecule has 28 heavy (non-hydrogen) atoms. The molecular formula is C23H25NO4. The van der Waals surface area contributed by atoms with Gasteiger partial charge in [0, 0.05) is 31.3 Å². The van der Waals surface area contributed by atoms with Gasteiger partial charge in [-0.1, -0.05) is 23.8 Å². The Morgan fingerprint density at radius 2 is 1.86 bits per heavy atom. The molecule has 5 nitrogen and oxygen atoms in total.